The number of carbonyl (C=O) groups is 19. The van der Waals surface area contributed by atoms with Gasteiger partial charge < -0.3 is 138 Å². The van der Waals surface area contributed by atoms with E-state index < -0.39 is 259 Å². The zero-order valence-electron chi connectivity index (χ0n) is 73.3. The first kappa shape index (κ1) is 106. The van der Waals surface area contributed by atoms with Crippen LogP contribution >= 0.6 is 21.6 Å². The van der Waals surface area contributed by atoms with E-state index in [2.05, 4.69) is 115 Å². The summed E-state index contributed by atoms with van der Waals surface area (Å²) in [5.41, 5.74) is 24.7. The van der Waals surface area contributed by atoms with E-state index in [1.807, 2.05) is 0 Å². The molecule has 0 bridgehead atoms. The molecule has 50 heteroatoms. The third-order valence-corrected chi connectivity index (χ3v) is 22.6. The molecule has 714 valence electrons. The predicted molar refractivity (Wildman–Crippen MR) is 478 cm³/mol. The topological polar surface area (TPSA) is 767 Å². The van der Waals surface area contributed by atoms with Gasteiger partial charge in [0.05, 0.1) is 18.6 Å². The highest BCUT2D eigenvalue weighted by atomic mass is 33.1. The van der Waals surface area contributed by atoms with E-state index in [0.29, 0.717) is 32.9 Å². The number of nitrogens with two attached hydrogens (primary N) is 4. The monoisotopic (exact) mass is 1870 g/mol. The molecule has 1 fully saturated rings. The number of hydrogen-bond donors (Lipinski definition) is 26. The van der Waals surface area contributed by atoms with Gasteiger partial charge in [-0.3, -0.25) is 101 Å². The highest BCUT2D eigenvalue weighted by Gasteiger charge is 2.39. The number of aromatic nitrogens is 4. The Bertz CT molecular complexity index is 4960. The van der Waals surface area contributed by atoms with E-state index in [1.54, 1.807) is 74.8 Å². The highest BCUT2D eigenvalue weighted by molar-refractivity contribution is 8.76. The molecule has 131 heavy (non-hydrogen) atoms. The summed E-state index contributed by atoms with van der Waals surface area (Å²) in [6, 6.07) is -11.4. The van der Waals surface area contributed by atoms with Gasteiger partial charge >= 0.3 is 17.9 Å². The fraction of sp³-hybridized carbons (Fsp3) is 0.506. The average molecular weight is 1870 g/mol. The second-order valence-electron chi connectivity index (χ2n) is 31.4. The van der Waals surface area contributed by atoms with Crippen LogP contribution in [0.15, 0.2) is 83.4 Å². The summed E-state index contributed by atoms with van der Waals surface area (Å²) in [6.45, 7) is 9.50. The number of carboxylic acid groups (broad SMARTS) is 3. The summed E-state index contributed by atoms with van der Waals surface area (Å²) in [7, 11) is 1.48. The highest BCUT2D eigenvalue weighted by Crippen LogP contribution is 2.26. The van der Waals surface area contributed by atoms with E-state index in [-0.39, 0.29) is 75.6 Å². The van der Waals surface area contributed by atoms with Gasteiger partial charge in [0, 0.05) is 104 Å². The number of aliphatic carboxylic acids is 3. The number of benzene rings is 2. The Hall–Kier alpha value is -14.1. The molecule has 0 aliphatic carbocycles. The Morgan fingerprint density at radius 2 is 0.885 bits per heavy atom. The van der Waals surface area contributed by atoms with Gasteiger partial charge in [-0.1, -0.05) is 71.8 Å². The van der Waals surface area contributed by atoms with E-state index in [9.17, 15) is 77.6 Å². The van der Waals surface area contributed by atoms with Crippen molar-refractivity contribution in [2.45, 2.75) is 223 Å². The number of amides is 16. The largest absolute Gasteiger partial charge is 0.481 e. The van der Waals surface area contributed by atoms with Gasteiger partial charge in [0.25, 0.3) is 0 Å². The van der Waals surface area contributed by atoms with E-state index in [4.69, 9.17) is 22.9 Å². The summed E-state index contributed by atoms with van der Waals surface area (Å²) in [5, 5.41) is 70.7. The van der Waals surface area contributed by atoms with Crippen molar-refractivity contribution >= 4 is 168 Å². The number of nitrogens with zero attached hydrogens (tertiary/aromatic N) is 3. The minimum atomic E-state index is -1.89. The molecule has 1 aliphatic heterocycles. The number of hydrogen-bond acceptors (Lipinski definition) is 24. The first-order chi connectivity index (χ1) is 62.0. The van der Waals surface area contributed by atoms with Crippen molar-refractivity contribution in [2.75, 3.05) is 31.1 Å². The van der Waals surface area contributed by atoms with E-state index in [0.717, 1.165) is 42.4 Å². The summed E-state index contributed by atoms with van der Waals surface area (Å²) in [5.74, 6) is -23.4. The number of carbonyl (C=O) groups excluding carboxylic acids is 16. The average Bonchev–Trinajstić information content (AvgIpc) is 1.70. The number of fused-ring (bicyclic) bond motifs is 2. The molecule has 0 spiro atoms. The number of rotatable bonds is 32. The van der Waals surface area contributed by atoms with Crippen LogP contribution < -0.4 is 108 Å². The summed E-state index contributed by atoms with van der Waals surface area (Å²) in [4.78, 5) is 288. The molecule has 48 nitrogen and oxygen atoms in total. The van der Waals surface area contributed by atoms with Crippen molar-refractivity contribution in [2.24, 2.45) is 38.8 Å². The third kappa shape index (κ3) is 35.8. The lowest BCUT2D eigenvalue weighted by molar-refractivity contribution is -0.141. The van der Waals surface area contributed by atoms with Crippen molar-refractivity contribution in [3.8, 4) is 0 Å². The van der Waals surface area contributed by atoms with Crippen LogP contribution in [0.25, 0.3) is 21.8 Å². The molecule has 15 atom stereocenters. The number of para-hydroxylation sites is 2. The van der Waals surface area contributed by atoms with Gasteiger partial charge in [0.2, 0.25) is 94.5 Å². The quantitative estimate of drug-likeness (QED) is 0.00826. The Labute approximate surface area is 758 Å². The fourth-order valence-electron chi connectivity index (χ4n) is 13.1. The van der Waals surface area contributed by atoms with Gasteiger partial charge in [0.15, 0.2) is 11.9 Å². The number of aromatic amines is 3. The first-order valence-electron chi connectivity index (χ1n) is 41.9. The number of H-pyrrole nitrogens is 3. The lowest BCUT2D eigenvalue weighted by Gasteiger charge is -2.28. The standard InChI is InChI=1S/C81H116N26O22S2/c1-38(2)27-56-74(123)107-60(77(126)96-40(4)65(114)97-43(7)79(128)129)35-130-131-36-61(106-66(115)39(3)93-62(109)34-89-44(8)108)78(127)101-54(21-23-63(110)111)69(118)94-41(5)67(116)98-52(19-13-25-87-80(82)83)71(120)105-59(30-47-33-86-37-92-47)76(125)99-53(20-14-26-88-81(84)85)70(119)100-55(22-24-64(112)113)72(121)104-57(28-45-31-90-50-17-11-9-15-48(45)50)73(122)95-42(6)68(117)102-58(75(124)103-56)29-46-32-91-51-18-12-10-16-49(46)51/h9-12,15-18,31-33,37-43,52-61,90-91H,13-14,19-30,34-36H2,1-8H3,(H,86,92)(H,89,108)(H,93,109)(H,94,118)(H,95,122)(H,96,126)(H,97,114)(H,98,116)(H,99,125)(H,100,119)(H,101,127)(H,102,117)(H,103,124)(H,104,121)(H,105,120)(H,106,115)(H,107,123)(H,110,111)(H,112,113)(H,128,129)(H4,82,83,87)(H4,84,85,88)/t39-,40-,41-,42-,43-,52-,53-,54-,55-,56-,57-,58-,59-,60-,61-/m1/s1. The van der Waals surface area contributed by atoms with Gasteiger partial charge in [-0.15, -0.1) is 0 Å². The van der Waals surface area contributed by atoms with Crippen molar-refractivity contribution < 1.29 is 106 Å². The van der Waals surface area contributed by atoms with Crippen LogP contribution in [0.1, 0.15) is 130 Å². The Morgan fingerprint density at radius 1 is 0.473 bits per heavy atom. The smallest absolute Gasteiger partial charge is 0.325 e. The van der Waals surface area contributed by atoms with E-state index >= 15 is 28.8 Å². The van der Waals surface area contributed by atoms with Crippen LogP contribution in [0.4, 0.5) is 0 Å². The molecule has 4 heterocycles. The minimum absolute atomic E-state index is 0.0662. The molecule has 2 aromatic carbocycles. The van der Waals surface area contributed by atoms with Gasteiger partial charge in [-0.25, -0.2) is 4.98 Å². The zero-order chi connectivity index (χ0) is 96.9. The first-order valence-corrected chi connectivity index (χ1v) is 44.3. The molecule has 0 saturated carbocycles. The molecular formula is C81H116N26O22S2. The Morgan fingerprint density at radius 3 is 1.35 bits per heavy atom. The molecule has 30 N–H and O–H groups in total. The maximum Gasteiger partial charge on any atom is 0.325 e. The molecular weight excluding hydrogens is 1750 g/mol. The molecule has 1 aliphatic rings. The van der Waals surface area contributed by atoms with Crippen molar-refractivity contribution in [3.63, 3.8) is 0 Å². The van der Waals surface area contributed by atoms with Crippen LogP contribution in [0.2, 0.25) is 0 Å². The molecule has 5 aromatic rings. The molecule has 16 amide bonds. The summed E-state index contributed by atoms with van der Waals surface area (Å²) < 4.78 is 0. The normalized spacial score (nSPS) is 22.1. The molecule has 0 unspecified atom stereocenters. The van der Waals surface area contributed by atoms with Crippen LogP contribution in [-0.2, 0) is 110 Å². The molecule has 0 radical (unpaired) electrons. The summed E-state index contributed by atoms with van der Waals surface area (Å²) in [6.07, 6.45) is 0.613. The van der Waals surface area contributed by atoms with Crippen LogP contribution in [0.3, 0.4) is 0 Å². The molecule has 1 saturated heterocycles. The number of imidazole rings is 1. The zero-order valence-corrected chi connectivity index (χ0v) is 74.9. The SMILES string of the molecule is CC(=O)NCC(=O)N[C@H](C)C(=O)N[C@@H]1CSSC[C@H](C(=O)N[C@H](C)C(=O)N[C@H](C)C(=O)O)NC(=O)[C@@H](CC(C)C)NC(=O)[C@@H](Cc2c[nH]c3ccccc23)NC(=O)[C@@H](C)NC(=O)[C@@H](Cc2c[nH]c3ccccc23)NC(=O)[C@@H](CCC(=O)O)NC(=O)[C@@H](CCCN=C(N)N)NC(=O)[C@@H](Cc2c[nH]cn2)NC(=O)[C@@H](CCCN=C(N)N)NC(=O)[C@@H](C)NC(=O)[C@@H](CCC(=O)O)NC1=O. The van der Waals surface area contributed by atoms with Crippen LogP contribution in [0.5, 0.6) is 0 Å². The van der Waals surface area contributed by atoms with Crippen LogP contribution in [0, 0.1) is 5.92 Å². The third-order valence-electron chi connectivity index (χ3n) is 20.2. The van der Waals surface area contributed by atoms with Crippen molar-refractivity contribution in [3.05, 3.63) is 90.3 Å². The van der Waals surface area contributed by atoms with Crippen LogP contribution in [-0.4, -0.2) is 281 Å². The Balaban J connectivity index is 1.52. The van der Waals surface area contributed by atoms with Gasteiger partial charge in [-0.05, 0) is 109 Å². The number of carboxylic acids is 3. The maximum absolute atomic E-state index is 15.3. The number of guanidine groups is 2. The lowest BCUT2D eigenvalue weighted by Crippen LogP contribution is -2.61. The lowest BCUT2D eigenvalue weighted by atomic mass is 10.00. The number of nitrogens with one attached hydrogen (secondary N) is 19. The minimum Gasteiger partial charge on any atom is -0.481 e. The maximum atomic E-state index is 15.3. The number of aliphatic imine (C=N–C) groups is 2. The van der Waals surface area contributed by atoms with Crippen molar-refractivity contribution in [1.82, 2.24) is 105 Å². The van der Waals surface area contributed by atoms with Gasteiger partial charge in [-0.2, -0.15) is 0 Å². The fourth-order valence-corrected chi connectivity index (χ4v) is 15.4. The van der Waals surface area contributed by atoms with Crippen molar-refractivity contribution in [1.29, 1.82) is 0 Å². The Kier molecular flexibility index (Phi) is 42.3. The molecule has 6 rings (SSSR count). The molecule has 3 aromatic heterocycles. The predicted octanol–water partition coefficient (Wildman–Crippen LogP) is -5.73. The second kappa shape index (κ2) is 52.4. The summed E-state index contributed by atoms with van der Waals surface area (Å²) >= 11 is 0. The van der Waals surface area contributed by atoms with E-state index in [1.165, 1.54) is 33.3 Å². The van der Waals surface area contributed by atoms with Gasteiger partial charge in [0.1, 0.15) is 90.6 Å². The second-order valence-corrected chi connectivity index (χ2v) is 34.0.